The number of fused-ring (bicyclic) bond motifs is 1. The lowest BCUT2D eigenvalue weighted by Gasteiger charge is -2.12. The second kappa shape index (κ2) is 7.01. The van der Waals surface area contributed by atoms with Crippen molar-refractivity contribution in [1.82, 2.24) is 9.97 Å². The highest BCUT2D eigenvalue weighted by Crippen LogP contribution is 2.27. The van der Waals surface area contributed by atoms with Gasteiger partial charge < -0.3 is 10.4 Å². The van der Waals surface area contributed by atoms with E-state index in [1.807, 2.05) is 66.0 Å². The van der Waals surface area contributed by atoms with E-state index in [-0.39, 0.29) is 6.61 Å². The zero-order chi connectivity index (χ0) is 17.1. The molecular formula is C20H17N3OS. The molecule has 4 rings (SSSR count). The first-order valence-corrected chi connectivity index (χ1v) is 8.95. The molecule has 0 saturated heterocycles. The van der Waals surface area contributed by atoms with Crippen molar-refractivity contribution in [2.24, 2.45) is 0 Å². The summed E-state index contributed by atoms with van der Waals surface area (Å²) in [5.41, 5.74) is 2.90. The molecule has 2 aromatic heterocycles. The van der Waals surface area contributed by atoms with Gasteiger partial charge in [-0.05, 0) is 34.7 Å². The van der Waals surface area contributed by atoms with Crippen LogP contribution in [-0.2, 0) is 13.2 Å². The molecule has 0 aliphatic heterocycles. The van der Waals surface area contributed by atoms with Crippen molar-refractivity contribution in [2.75, 3.05) is 5.32 Å². The van der Waals surface area contributed by atoms with Crippen LogP contribution in [-0.4, -0.2) is 15.1 Å². The van der Waals surface area contributed by atoms with Crippen LogP contribution < -0.4 is 5.32 Å². The number of nitrogens with one attached hydrogen (secondary N) is 1. The van der Waals surface area contributed by atoms with Crippen LogP contribution in [0.15, 0.2) is 66.0 Å². The molecular weight excluding hydrogens is 330 g/mol. The van der Waals surface area contributed by atoms with Crippen LogP contribution in [0.1, 0.15) is 11.1 Å². The molecule has 2 aromatic carbocycles. The zero-order valence-corrected chi connectivity index (χ0v) is 14.3. The largest absolute Gasteiger partial charge is 0.392 e. The van der Waals surface area contributed by atoms with Gasteiger partial charge >= 0.3 is 0 Å². The van der Waals surface area contributed by atoms with Crippen LogP contribution in [0.5, 0.6) is 0 Å². The van der Waals surface area contributed by atoms with Crippen molar-refractivity contribution in [3.05, 3.63) is 77.2 Å². The van der Waals surface area contributed by atoms with Crippen LogP contribution in [0, 0.1) is 0 Å². The third-order valence-electron chi connectivity index (χ3n) is 4.08. The van der Waals surface area contributed by atoms with Gasteiger partial charge in [0.2, 0.25) is 0 Å². The van der Waals surface area contributed by atoms with Crippen LogP contribution in [0.4, 0.5) is 5.82 Å². The Bertz CT molecular complexity index is 999. The molecule has 25 heavy (non-hydrogen) atoms. The van der Waals surface area contributed by atoms with Gasteiger partial charge in [-0.15, -0.1) is 11.3 Å². The van der Waals surface area contributed by atoms with E-state index in [0.29, 0.717) is 6.54 Å². The van der Waals surface area contributed by atoms with E-state index in [9.17, 15) is 5.11 Å². The number of hydrogen-bond donors (Lipinski definition) is 2. The number of aliphatic hydroxyl groups is 1. The summed E-state index contributed by atoms with van der Waals surface area (Å²) in [5.74, 6) is 1.54. The van der Waals surface area contributed by atoms with E-state index in [2.05, 4.69) is 10.3 Å². The minimum absolute atomic E-state index is 0.0306. The predicted molar refractivity (Wildman–Crippen MR) is 103 cm³/mol. The lowest BCUT2D eigenvalue weighted by molar-refractivity contribution is 0.280. The van der Waals surface area contributed by atoms with Crippen LogP contribution >= 0.6 is 11.3 Å². The van der Waals surface area contributed by atoms with E-state index in [4.69, 9.17) is 4.98 Å². The van der Waals surface area contributed by atoms with Gasteiger partial charge in [0.05, 0.1) is 17.0 Å². The number of benzene rings is 2. The topological polar surface area (TPSA) is 58.0 Å². The fourth-order valence-electron chi connectivity index (χ4n) is 2.79. The van der Waals surface area contributed by atoms with Crippen molar-refractivity contribution in [3.8, 4) is 10.7 Å². The van der Waals surface area contributed by atoms with Gasteiger partial charge in [-0.1, -0.05) is 42.5 Å². The van der Waals surface area contributed by atoms with Crippen molar-refractivity contribution in [2.45, 2.75) is 13.2 Å². The third-order valence-corrected chi connectivity index (χ3v) is 4.95. The first-order chi connectivity index (χ1) is 12.3. The summed E-state index contributed by atoms with van der Waals surface area (Å²) >= 11 is 1.63. The summed E-state index contributed by atoms with van der Waals surface area (Å²) in [5, 5.41) is 15.9. The highest BCUT2D eigenvalue weighted by atomic mass is 32.1. The maximum atomic E-state index is 9.50. The van der Waals surface area contributed by atoms with Gasteiger partial charge in [-0.25, -0.2) is 9.97 Å². The number of rotatable bonds is 5. The Morgan fingerprint density at radius 3 is 2.48 bits per heavy atom. The standard InChI is InChI=1S/C20H17N3OS/c24-13-15-7-2-1-6-14(15)12-21-19-16-8-3-4-9-17(16)22-20(23-19)18-10-5-11-25-18/h1-11,24H,12-13H2,(H,21,22,23). The molecule has 0 fully saturated rings. The third kappa shape index (κ3) is 3.24. The average Bonchev–Trinajstić information content (AvgIpc) is 3.21. The lowest BCUT2D eigenvalue weighted by atomic mass is 10.1. The van der Waals surface area contributed by atoms with Gasteiger partial charge in [0.25, 0.3) is 0 Å². The Morgan fingerprint density at radius 1 is 0.880 bits per heavy atom. The Hall–Kier alpha value is -2.76. The predicted octanol–water partition coefficient (Wildman–Crippen LogP) is 4.46. The normalized spacial score (nSPS) is 10.9. The van der Waals surface area contributed by atoms with E-state index >= 15 is 0 Å². The van der Waals surface area contributed by atoms with Gasteiger partial charge in [0.15, 0.2) is 5.82 Å². The minimum Gasteiger partial charge on any atom is -0.392 e. The molecule has 4 nitrogen and oxygen atoms in total. The zero-order valence-electron chi connectivity index (χ0n) is 13.5. The van der Waals surface area contributed by atoms with Crippen LogP contribution in [0.25, 0.3) is 21.6 Å². The summed E-state index contributed by atoms with van der Waals surface area (Å²) in [6.45, 7) is 0.629. The molecule has 0 aliphatic rings. The SMILES string of the molecule is OCc1ccccc1CNc1nc(-c2cccs2)nc2ccccc12. The van der Waals surface area contributed by atoms with Crippen LogP contribution in [0.2, 0.25) is 0 Å². The molecule has 0 bridgehead atoms. The highest BCUT2D eigenvalue weighted by Gasteiger charge is 2.10. The fourth-order valence-corrected chi connectivity index (χ4v) is 3.45. The van der Waals surface area contributed by atoms with E-state index in [1.54, 1.807) is 11.3 Å². The van der Waals surface area contributed by atoms with Crippen LogP contribution in [0.3, 0.4) is 0 Å². The quantitative estimate of drug-likeness (QED) is 0.559. The van der Waals surface area contributed by atoms with Gasteiger partial charge in [-0.2, -0.15) is 0 Å². The number of aliphatic hydroxyl groups excluding tert-OH is 1. The van der Waals surface area contributed by atoms with Gasteiger partial charge in [-0.3, -0.25) is 0 Å². The Morgan fingerprint density at radius 2 is 1.68 bits per heavy atom. The van der Waals surface area contributed by atoms with E-state index < -0.39 is 0 Å². The molecule has 0 spiro atoms. The molecule has 5 heteroatoms. The highest BCUT2D eigenvalue weighted by molar-refractivity contribution is 7.13. The molecule has 0 saturated carbocycles. The second-order valence-corrected chi connectivity index (χ2v) is 6.62. The smallest absolute Gasteiger partial charge is 0.172 e. The van der Waals surface area contributed by atoms with Crippen molar-refractivity contribution >= 4 is 28.1 Å². The minimum atomic E-state index is 0.0306. The van der Waals surface area contributed by atoms with Crippen molar-refractivity contribution in [3.63, 3.8) is 0 Å². The number of anilines is 1. The van der Waals surface area contributed by atoms with E-state index in [1.165, 1.54) is 0 Å². The summed E-state index contributed by atoms with van der Waals surface area (Å²) in [6, 6.07) is 19.9. The maximum Gasteiger partial charge on any atom is 0.172 e. The molecule has 0 atom stereocenters. The Kier molecular flexibility index (Phi) is 4.41. The lowest BCUT2D eigenvalue weighted by Crippen LogP contribution is -2.06. The van der Waals surface area contributed by atoms with Gasteiger partial charge in [0, 0.05) is 11.9 Å². The molecule has 2 N–H and O–H groups in total. The first-order valence-electron chi connectivity index (χ1n) is 8.07. The number of nitrogens with zero attached hydrogens (tertiary/aromatic N) is 2. The monoisotopic (exact) mass is 347 g/mol. The number of hydrogen-bond acceptors (Lipinski definition) is 5. The molecule has 0 aliphatic carbocycles. The molecule has 0 radical (unpaired) electrons. The summed E-state index contributed by atoms with van der Waals surface area (Å²) in [4.78, 5) is 10.5. The van der Waals surface area contributed by atoms with Crippen molar-refractivity contribution in [1.29, 1.82) is 0 Å². The molecule has 4 aromatic rings. The average molecular weight is 347 g/mol. The van der Waals surface area contributed by atoms with Gasteiger partial charge in [0.1, 0.15) is 5.82 Å². The summed E-state index contributed by atoms with van der Waals surface area (Å²) in [7, 11) is 0. The molecule has 0 unspecified atom stereocenters. The number of aromatic nitrogens is 2. The number of thiophene rings is 1. The Labute approximate surface area is 149 Å². The Balaban J connectivity index is 1.73. The first kappa shape index (κ1) is 15.7. The second-order valence-electron chi connectivity index (χ2n) is 5.67. The fraction of sp³-hybridized carbons (Fsp3) is 0.100. The molecule has 2 heterocycles. The maximum absolute atomic E-state index is 9.50. The molecule has 0 amide bonds. The summed E-state index contributed by atoms with van der Waals surface area (Å²) in [6.07, 6.45) is 0. The number of para-hydroxylation sites is 1. The molecule has 124 valence electrons. The van der Waals surface area contributed by atoms with E-state index in [0.717, 1.165) is 38.5 Å². The van der Waals surface area contributed by atoms with Crippen molar-refractivity contribution < 1.29 is 5.11 Å². The summed E-state index contributed by atoms with van der Waals surface area (Å²) < 4.78 is 0.